The number of nitrogens with one attached hydrogen (secondary N) is 4. The predicted octanol–water partition coefficient (Wildman–Crippen LogP) is 12.7. The molecule has 0 fully saturated rings. The minimum absolute atomic E-state index is 0. The van der Waals surface area contributed by atoms with Crippen LogP contribution in [0.15, 0.2) is 198 Å². The monoisotopic (exact) mass is 1680 g/mol. The summed E-state index contributed by atoms with van der Waals surface area (Å²) in [5.74, 6) is -5.21. The number of carbonyl (C=O) groups is 11. The predicted molar refractivity (Wildman–Crippen MR) is 456 cm³/mol. The number of thiol groups is 2. The second kappa shape index (κ2) is 53.6. The summed E-state index contributed by atoms with van der Waals surface area (Å²) >= 11 is 6.72. The van der Waals surface area contributed by atoms with Crippen LogP contribution < -0.4 is 32.7 Å². The number of primary amides is 2. The molecule has 3 unspecified atom stereocenters. The van der Waals surface area contributed by atoms with Gasteiger partial charge in [0, 0.05) is 45.0 Å². The van der Waals surface area contributed by atoms with Gasteiger partial charge in [-0.15, -0.1) is 0 Å². The van der Waals surface area contributed by atoms with E-state index in [-0.39, 0.29) is 57.2 Å². The number of carbonyl (C=O) groups excluding carboxylic acids is 7. The summed E-state index contributed by atoms with van der Waals surface area (Å²) in [6, 6.07) is 62.3. The van der Waals surface area contributed by atoms with Gasteiger partial charge in [0.15, 0.2) is 0 Å². The number of aldehydes is 1. The van der Waals surface area contributed by atoms with Crippen LogP contribution in [0.25, 0.3) is 44.5 Å². The molecule has 3 atom stereocenters. The van der Waals surface area contributed by atoms with Gasteiger partial charge >= 0.3 is 85.2 Å². The van der Waals surface area contributed by atoms with E-state index in [0.29, 0.717) is 6.61 Å². The summed E-state index contributed by atoms with van der Waals surface area (Å²) in [7, 11) is 7.34. The molecule has 0 heterocycles. The van der Waals surface area contributed by atoms with Crippen LogP contribution in [0.4, 0.5) is 28.8 Å². The van der Waals surface area contributed by atoms with Gasteiger partial charge in [0.2, 0.25) is 12.5 Å². The van der Waals surface area contributed by atoms with Crippen molar-refractivity contribution in [3.05, 3.63) is 239 Å². The Bertz CT molecular complexity index is 4330. The normalized spacial score (nSPS) is 12.0. The van der Waals surface area contributed by atoms with Crippen molar-refractivity contribution in [2.45, 2.75) is 116 Å². The molecule has 119 heavy (non-hydrogen) atoms. The van der Waals surface area contributed by atoms with E-state index in [1.165, 1.54) is 36.1 Å². The molecule has 8 aromatic carbocycles. The van der Waals surface area contributed by atoms with Crippen LogP contribution in [0.3, 0.4) is 0 Å². The van der Waals surface area contributed by atoms with Crippen molar-refractivity contribution in [1.29, 1.82) is 0 Å². The third kappa shape index (κ3) is 33.5. The fourth-order valence-electron chi connectivity index (χ4n) is 12.0. The Morgan fingerprint density at radius 3 is 0.748 bits per heavy atom. The Hall–Kier alpha value is -12.6. The van der Waals surface area contributed by atoms with Crippen molar-refractivity contribution < 1.29 is 117 Å². The van der Waals surface area contributed by atoms with Crippen LogP contribution in [0.5, 0.6) is 0 Å². The molecule has 6 amide bonds. The fourth-order valence-corrected chi connectivity index (χ4v) is 12.0. The standard InChI is InChI=1S/C22H24N2O6.2C18H17NO4.C15H13NO2.C5H11NO2.C2H2O3.3CH4O.CH4S.CH4.BHNS/c1-22(2,3)30-21(28)24-18(19(25)26)23-20(27)29-12-17-15-10-6-4-8-13(15)14-9-5-7-11-16(14)17;2*1-11(17(20)21)19-18(22)23-10-16-14-8-4-2-6-12(14)13-7-3-5-9-15(13)16;16-15(17)18-9-14-12-7-3-1-5-10(12)11-6-2-4-8-13(11)14;1-5(2,3)8-4(6)7;3-1-2(4)5;4*1-2;;1-2-3/h4-11,17-18H,12H2,1-3H3,(H,23,27)(H,24,28)(H,25,26);2*2-9,11,16H,10H2,1H3,(H,19,22)(H,20,21);1-8,14H,9H2,(H2,16,17);1-3H3,(H2,6,7);1H,(H,4,5);4*2H,1H3;1H4;3H. The molecular weight excluding hydrogens is 1580 g/mol. The molecule has 1 radical (unpaired) electrons. The number of carboxylic acid groups (broad SMARTS) is 4. The number of aliphatic carboxylic acids is 4. The number of ether oxygens (including phenoxy) is 6. The molecule has 0 aliphatic heterocycles. The minimum atomic E-state index is -1.68. The van der Waals surface area contributed by atoms with Gasteiger partial charge in [-0.3, -0.25) is 25.0 Å². The maximum absolute atomic E-state index is 12.2. The number of hydrogen-bond donors (Lipinski definition) is 15. The van der Waals surface area contributed by atoms with Crippen molar-refractivity contribution in [1.82, 2.24) is 21.3 Å². The van der Waals surface area contributed by atoms with E-state index in [1.807, 2.05) is 146 Å². The van der Waals surface area contributed by atoms with Gasteiger partial charge in [0.05, 0.1) is 0 Å². The van der Waals surface area contributed by atoms with Crippen molar-refractivity contribution in [2.24, 2.45) is 15.8 Å². The Balaban J connectivity index is 0.000000731. The third-order valence-electron chi connectivity index (χ3n) is 16.5. The molecular formula is C85H105BN7O24S2. The van der Waals surface area contributed by atoms with Crippen molar-refractivity contribution >= 4 is 99.8 Å². The fraction of sp³-hybridized carbons (Fsp3) is 0.306. The van der Waals surface area contributed by atoms with Gasteiger partial charge in [-0.25, -0.2) is 38.4 Å². The first-order valence-electron chi connectivity index (χ1n) is 35.8. The number of fused-ring (bicyclic) bond motifs is 12. The third-order valence-corrected chi connectivity index (χ3v) is 16.5. The van der Waals surface area contributed by atoms with E-state index in [1.54, 1.807) is 47.8 Å². The number of benzene rings is 8. The Kier molecular flexibility index (Phi) is 47.0. The van der Waals surface area contributed by atoms with Crippen LogP contribution in [0, 0.1) is 0 Å². The second-order valence-corrected chi connectivity index (χ2v) is 26.6. The van der Waals surface area contributed by atoms with E-state index >= 15 is 0 Å². The average Bonchev–Trinajstić information content (AvgIpc) is 1.64. The van der Waals surface area contributed by atoms with E-state index in [2.05, 4.69) is 112 Å². The molecule has 31 nitrogen and oxygen atoms in total. The van der Waals surface area contributed by atoms with E-state index in [9.17, 15) is 48.3 Å². The summed E-state index contributed by atoms with van der Waals surface area (Å²) in [5.41, 5.74) is 26.6. The van der Waals surface area contributed by atoms with Gasteiger partial charge in [0.25, 0.3) is 0 Å². The zero-order valence-corrected chi connectivity index (χ0v) is 68.9. The Morgan fingerprint density at radius 2 is 0.580 bits per heavy atom. The van der Waals surface area contributed by atoms with Gasteiger partial charge < -0.3 is 86.3 Å². The Morgan fingerprint density at radius 1 is 0.387 bits per heavy atom. The Labute approximate surface area is 703 Å². The van der Waals surface area contributed by atoms with Crippen molar-refractivity contribution in [3.8, 4) is 44.5 Å². The maximum atomic E-state index is 12.2. The number of alkyl carbamates (subject to hydrolysis) is 4. The van der Waals surface area contributed by atoms with Gasteiger partial charge in [-0.1, -0.05) is 202 Å². The molecule has 0 spiro atoms. The SMILES string of the molecule is C.CC(C)(C)OC(=O)NC(NC(=O)OCC1c2ccccc2-c2ccccc21)C(=O)O.CC(C)(C)OC(N)=O.CC(NC(=O)OCC1c2ccccc2-c2ccccc21)C(=O)O.CC(NC(=O)OCC1c2ccccc2-c2ccccc21)C(=O)O.CO.CO.CO.CS.NC(=O)OCC1c2ccccc2-c2ccccc21.O=CC(=O)O.[B]=NS. The average molecular weight is 1680 g/mol. The number of rotatable bonds is 16. The van der Waals surface area contributed by atoms with E-state index in [0.717, 1.165) is 88.1 Å². The zero-order chi connectivity index (χ0) is 89.0. The summed E-state index contributed by atoms with van der Waals surface area (Å²) in [4.78, 5) is 119. The van der Waals surface area contributed by atoms with Crippen LogP contribution in [-0.4, -0.2) is 194 Å². The number of nitrogens with two attached hydrogens (primary N) is 2. The number of aliphatic hydroxyl groups excluding tert-OH is 3. The number of carboxylic acids is 4. The first kappa shape index (κ1) is 104. The van der Waals surface area contributed by atoms with E-state index < -0.39 is 89.9 Å². The number of amides is 6. The molecule has 0 saturated heterocycles. The molecule has 34 heteroatoms. The molecule has 4 aliphatic carbocycles. The van der Waals surface area contributed by atoms with Crippen molar-refractivity contribution in [2.75, 3.05) is 54.0 Å². The number of aliphatic hydroxyl groups is 3. The molecule has 4 aliphatic rings. The molecule has 15 N–H and O–H groups in total. The summed E-state index contributed by atoms with van der Waals surface area (Å²) < 4.78 is 33.1. The van der Waals surface area contributed by atoms with Crippen LogP contribution in [0.1, 0.15) is 131 Å². The molecule has 0 aromatic heterocycles. The van der Waals surface area contributed by atoms with Crippen LogP contribution >= 0.6 is 25.4 Å². The van der Waals surface area contributed by atoms with Crippen LogP contribution in [-0.2, 0) is 52.4 Å². The first-order valence-corrected chi connectivity index (χ1v) is 37.1. The van der Waals surface area contributed by atoms with Gasteiger partial charge in [-0.05, 0) is 151 Å². The summed E-state index contributed by atoms with van der Waals surface area (Å²) in [5, 5.41) is 64.0. The first-order chi connectivity index (χ1) is 56.2. The second-order valence-electron chi connectivity index (χ2n) is 26.4. The van der Waals surface area contributed by atoms with E-state index in [4.69, 9.17) is 75.4 Å². The zero-order valence-electron chi connectivity index (χ0n) is 67.1. The topological polar surface area (TPSA) is 497 Å². The van der Waals surface area contributed by atoms with Gasteiger partial charge in [0.1, 0.15) is 49.7 Å². The molecule has 12 rings (SSSR count). The van der Waals surface area contributed by atoms with Crippen molar-refractivity contribution in [3.63, 3.8) is 0 Å². The summed E-state index contributed by atoms with van der Waals surface area (Å²) in [6.07, 6.45) is -4.97. The number of nitrogens with zero attached hydrogens (tertiary/aromatic N) is 1. The molecule has 0 bridgehead atoms. The van der Waals surface area contributed by atoms with Gasteiger partial charge in [-0.2, -0.15) is 12.6 Å². The molecule has 639 valence electrons. The van der Waals surface area contributed by atoms with Crippen LogP contribution in [0.2, 0.25) is 0 Å². The molecule has 0 saturated carbocycles. The molecule has 8 aromatic rings. The summed E-state index contributed by atoms with van der Waals surface area (Å²) in [6.45, 7) is 13.7. The quantitative estimate of drug-likeness (QED) is 0.0107. The number of hydrogen-bond acceptors (Lipinski definition) is 23.